The van der Waals surface area contributed by atoms with Crippen LogP contribution in [0.3, 0.4) is 0 Å². The predicted octanol–water partition coefficient (Wildman–Crippen LogP) is 1.79. The third-order valence-corrected chi connectivity index (χ3v) is 5.07. The van der Waals surface area contributed by atoms with Gasteiger partial charge in [0.25, 0.3) is 5.91 Å². The van der Waals surface area contributed by atoms with E-state index in [2.05, 4.69) is 15.3 Å². The summed E-state index contributed by atoms with van der Waals surface area (Å²) >= 11 is 1.57. The molecule has 2 atom stereocenters. The Labute approximate surface area is 149 Å². The van der Waals surface area contributed by atoms with Gasteiger partial charge in [0, 0.05) is 48.4 Å². The topological polar surface area (TPSA) is 78.1 Å². The molecule has 25 heavy (non-hydrogen) atoms. The maximum Gasteiger partial charge on any atom is 0.251 e. The van der Waals surface area contributed by atoms with Crippen molar-refractivity contribution in [2.45, 2.75) is 39.0 Å². The molecule has 1 saturated heterocycles. The lowest BCUT2D eigenvalue weighted by molar-refractivity contribution is 0.0939. The normalized spacial score (nSPS) is 20.8. The molecule has 0 saturated carbocycles. The van der Waals surface area contributed by atoms with E-state index in [1.165, 1.54) is 6.07 Å². The second-order valence-corrected chi connectivity index (χ2v) is 7.46. The van der Waals surface area contributed by atoms with Crippen LogP contribution in [0, 0.1) is 13.8 Å². The number of aryl methyl sites for hydroxylation is 2. The zero-order valence-electron chi connectivity index (χ0n) is 14.2. The highest BCUT2D eigenvalue weighted by molar-refractivity contribution is 7.09. The number of halogens is 1. The second kappa shape index (κ2) is 7.45. The molecule has 3 heterocycles. The number of carbonyl (C=O) groups is 1. The Kier molecular flexibility index (Phi) is 5.29. The molecule has 0 spiro atoms. The first-order valence-electron chi connectivity index (χ1n) is 8.19. The van der Waals surface area contributed by atoms with Gasteiger partial charge in [-0.3, -0.25) is 14.5 Å². The van der Waals surface area contributed by atoms with Gasteiger partial charge in [-0.2, -0.15) is 0 Å². The molecule has 8 heteroatoms. The van der Waals surface area contributed by atoms with Crippen LogP contribution in [0.15, 0.2) is 22.3 Å². The quantitative estimate of drug-likeness (QED) is 0.848. The van der Waals surface area contributed by atoms with Gasteiger partial charge in [-0.05, 0) is 26.3 Å². The summed E-state index contributed by atoms with van der Waals surface area (Å²) in [4.78, 5) is 32.8. The maximum atomic E-state index is 13.9. The van der Waals surface area contributed by atoms with Crippen molar-refractivity contribution in [1.29, 1.82) is 0 Å². The number of nitrogens with zero attached hydrogens (tertiary/aromatic N) is 2. The minimum absolute atomic E-state index is 0.0796. The molecular formula is C17H21FN4O2S. The van der Waals surface area contributed by atoms with E-state index < -0.39 is 6.17 Å². The molecule has 0 radical (unpaired) electrons. The van der Waals surface area contributed by atoms with Crippen LogP contribution < -0.4 is 10.9 Å². The van der Waals surface area contributed by atoms with Crippen molar-refractivity contribution in [1.82, 2.24) is 20.2 Å². The van der Waals surface area contributed by atoms with Crippen molar-refractivity contribution in [2.75, 3.05) is 13.1 Å². The number of nitrogens with one attached hydrogen (secondary N) is 2. The number of amides is 1. The van der Waals surface area contributed by atoms with Gasteiger partial charge in [0.1, 0.15) is 6.17 Å². The maximum absolute atomic E-state index is 13.9. The Bertz CT molecular complexity index is 819. The first kappa shape index (κ1) is 17.8. The molecule has 0 aliphatic carbocycles. The zero-order valence-corrected chi connectivity index (χ0v) is 15.0. The first-order chi connectivity index (χ1) is 11.9. The van der Waals surface area contributed by atoms with Crippen LogP contribution in [0.2, 0.25) is 0 Å². The molecule has 0 aromatic carbocycles. The summed E-state index contributed by atoms with van der Waals surface area (Å²) in [5, 5.41) is 5.79. The Morgan fingerprint density at radius 2 is 2.28 bits per heavy atom. The van der Waals surface area contributed by atoms with E-state index in [0.29, 0.717) is 37.3 Å². The van der Waals surface area contributed by atoms with E-state index in [1.54, 1.807) is 24.3 Å². The summed E-state index contributed by atoms with van der Waals surface area (Å²) in [6.45, 7) is 4.93. The van der Waals surface area contributed by atoms with Crippen molar-refractivity contribution >= 4 is 17.2 Å². The average Bonchev–Trinajstić information content (AvgIpc) is 3.09. The molecule has 3 rings (SSSR count). The number of H-pyrrole nitrogens is 1. The number of alkyl halides is 1. The van der Waals surface area contributed by atoms with Gasteiger partial charge in [0.05, 0.1) is 10.7 Å². The van der Waals surface area contributed by atoms with Crippen LogP contribution in [-0.4, -0.2) is 46.1 Å². The molecule has 134 valence electrons. The number of aromatic amines is 1. The highest BCUT2D eigenvalue weighted by atomic mass is 32.1. The zero-order chi connectivity index (χ0) is 18.0. The average molecular weight is 364 g/mol. The molecule has 1 amide bonds. The van der Waals surface area contributed by atoms with Gasteiger partial charge in [0.15, 0.2) is 0 Å². The van der Waals surface area contributed by atoms with E-state index in [-0.39, 0.29) is 17.5 Å². The lowest BCUT2D eigenvalue weighted by Gasteiger charge is -2.23. The Balaban J connectivity index is 1.62. The number of pyridine rings is 1. The number of hydrogen-bond donors (Lipinski definition) is 2. The molecule has 1 fully saturated rings. The van der Waals surface area contributed by atoms with Gasteiger partial charge in [-0.1, -0.05) is 0 Å². The van der Waals surface area contributed by atoms with Gasteiger partial charge in [-0.25, -0.2) is 9.37 Å². The number of likely N-dealkylation sites (tertiary alicyclic amines) is 1. The summed E-state index contributed by atoms with van der Waals surface area (Å²) in [5.74, 6) is -0.319. The summed E-state index contributed by atoms with van der Waals surface area (Å²) in [6.07, 6.45) is -0.513. The molecule has 2 aromatic rings. The Morgan fingerprint density at radius 1 is 1.48 bits per heavy atom. The minimum Gasteiger partial charge on any atom is -0.350 e. The third kappa shape index (κ3) is 4.52. The molecule has 0 unspecified atom stereocenters. The SMILES string of the molecule is Cc1cc(C(=O)NC[C@@H]2C[C@H](F)CN2Cc2csc(C)n2)cc(=O)[nH]1. The molecule has 2 N–H and O–H groups in total. The second-order valence-electron chi connectivity index (χ2n) is 6.40. The van der Waals surface area contributed by atoms with Gasteiger partial charge >= 0.3 is 0 Å². The molecular weight excluding hydrogens is 343 g/mol. The molecule has 2 aromatic heterocycles. The van der Waals surface area contributed by atoms with Gasteiger partial charge in [0.2, 0.25) is 5.56 Å². The van der Waals surface area contributed by atoms with Gasteiger partial charge in [-0.15, -0.1) is 11.3 Å². The molecule has 1 aliphatic rings. The van der Waals surface area contributed by atoms with Gasteiger partial charge < -0.3 is 10.3 Å². The number of rotatable bonds is 5. The van der Waals surface area contributed by atoms with Crippen LogP contribution in [0.25, 0.3) is 0 Å². The van der Waals surface area contributed by atoms with Crippen LogP contribution in [0.4, 0.5) is 4.39 Å². The van der Waals surface area contributed by atoms with E-state index in [1.807, 2.05) is 17.2 Å². The van der Waals surface area contributed by atoms with Crippen LogP contribution >= 0.6 is 11.3 Å². The number of carbonyl (C=O) groups excluding carboxylic acids is 1. The molecule has 6 nitrogen and oxygen atoms in total. The van der Waals surface area contributed by atoms with E-state index in [9.17, 15) is 14.0 Å². The first-order valence-corrected chi connectivity index (χ1v) is 9.07. The fraction of sp³-hybridized carbons (Fsp3) is 0.471. The van der Waals surface area contributed by atoms with Crippen LogP contribution in [-0.2, 0) is 6.54 Å². The summed E-state index contributed by atoms with van der Waals surface area (Å²) in [6, 6.07) is 2.81. The van der Waals surface area contributed by atoms with Crippen molar-refractivity contribution in [3.05, 3.63) is 49.8 Å². The summed E-state index contributed by atoms with van der Waals surface area (Å²) < 4.78 is 13.9. The standard InChI is InChI=1S/C17H21FN4O2S/c1-10-3-12(4-16(23)20-10)17(24)19-6-15-5-13(18)7-22(15)8-14-9-25-11(2)21-14/h3-4,9,13,15H,5-8H2,1-2H3,(H,19,24)(H,20,23)/t13-,15-/m0/s1. The fourth-order valence-electron chi connectivity index (χ4n) is 3.14. The lowest BCUT2D eigenvalue weighted by atomic mass is 10.2. The Hall–Kier alpha value is -2.06. The largest absolute Gasteiger partial charge is 0.350 e. The summed E-state index contributed by atoms with van der Waals surface area (Å²) in [7, 11) is 0. The molecule has 1 aliphatic heterocycles. The van der Waals surface area contributed by atoms with Crippen LogP contribution in [0.1, 0.15) is 33.2 Å². The van der Waals surface area contributed by atoms with Crippen molar-refractivity contribution < 1.29 is 9.18 Å². The number of thiazole rings is 1. The smallest absolute Gasteiger partial charge is 0.251 e. The van der Waals surface area contributed by atoms with Crippen molar-refractivity contribution in [3.63, 3.8) is 0 Å². The van der Waals surface area contributed by atoms with E-state index in [4.69, 9.17) is 0 Å². The minimum atomic E-state index is -0.900. The molecule has 0 bridgehead atoms. The number of hydrogen-bond acceptors (Lipinski definition) is 5. The third-order valence-electron chi connectivity index (χ3n) is 4.25. The summed E-state index contributed by atoms with van der Waals surface area (Å²) in [5.41, 5.74) is 1.56. The number of aromatic nitrogens is 2. The van der Waals surface area contributed by atoms with Crippen molar-refractivity contribution in [3.8, 4) is 0 Å². The monoisotopic (exact) mass is 364 g/mol. The predicted molar refractivity (Wildman–Crippen MR) is 94.7 cm³/mol. The Morgan fingerprint density at radius 3 is 2.96 bits per heavy atom. The highest BCUT2D eigenvalue weighted by Crippen LogP contribution is 2.23. The fourth-order valence-corrected chi connectivity index (χ4v) is 3.75. The lowest BCUT2D eigenvalue weighted by Crippen LogP contribution is -2.40. The van der Waals surface area contributed by atoms with Crippen LogP contribution in [0.5, 0.6) is 0 Å². The highest BCUT2D eigenvalue weighted by Gasteiger charge is 2.32. The van der Waals surface area contributed by atoms with Crippen molar-refractivity contribution in [2.24, 2.45) is 0 Å². The van der Waals surface area contributed by atoms with E-state index >= 15 is 0 Å². The van der Waals surface area contributed by atoms with E-state index in [0.717, 1.165) is 10.7 Å².